The lowest BCUT2D eigenvalue weighted by molar-refractivity contribution is -0.105. The van der Waals surface area contributed by atoms with E-state index >= 15 is 0 Å². The molecule has 5 nitrogen and oxygen atoms in total. The molecule has 82 valence electrons. The molecule has 1 aliphatic carbocycles. The number of carbonyl (C=O) groups excluding carboxylic acids is 1. The first kappa shape index (κ1) is 10.0. The minimum absolute atomic E-state index is 0.258. The van der Waals surface area contributed by atoms with Gasteiger partial charge < -0.3 is 10.1 Å². The number of hydrogen-bond acceptors (Lipinski definition) is 3. The zero-order chi connectivity index (χ0) is 10.8. The van der Waals surface area contributed by atoms with Gasteiger partial charge in [-0.05, 0) is 26.7 Å². The minimum Gasteiger partial charge on any atom is -0.472 e. The molecule has 1 fully saturated rings. The van der Waals surface area contributed by atoms with Gasteiger partial charge in [-0.3, -0.25) is 9.48 Å². The molecule has 1 aromatic heterocycles. The molecule has 0 aliphatic heterocycles. The second kappa shape index (κ2) is 3.92. The van der Waals surface area contributed by atoms with Crippen LogP contribution in [0.2, 0.25) is 0 Å². The fourth-order valence-electron chi connectivity index (χ4n) is 1.23. The van der Waals surface area contributed by atoms with Crippen molar-refractivity contribution in [2.24, 2.45) is 0 Å². The summed E-state index contributed by atoms with van der Waals surface area (Å²) in [4.78, 5) is 10.4. The molecule has 1 aromatic rings. The molecule has 2 rings (SSSR count). The Morgan fingerprint density at radius 3 is 2.93 bits per heavy atom. The lowest BCUT2D eigenvalue weighted by atomic mass is 10.4. The molecule has 5 heteroatoms. The van der Waals surface area contributed by atoms with E-state index in [2.05, 4.69) is 10.4 Å². The van der Waals surface area contributed by atoms with E-state index in [1.807, 2.05) is 13.8 Å². The van der Waals surface area contributed by atoms with Crippen LogP contribution in [0.1, 0.15) is 32.7 Å². The summed E-state index contributed by atoms with van der Waals surface area (Å²) >= 11 is 0. The van der Waals surface area contributed by atoms with Gasteiger partial charge in [-0.15, -0.1) is 5.10 Å². The van der Waals surface area contributed by atoms with Gasteiger partial charge in [0.05, 0.1) is 6.20 Å². The highest BCUT2D eigenvalue weighted by molar-refractivity contribution is 5.73. The number of anilines is 1. The second-order valence-electron chi connectivity index (χ2n) is 4.00. The van der Waals surface area contributed by atoms with Gasteiger partial charge in [0.2, 0.25) is 6.41 Å². The molecule has 15 heavy (non-hydrogen) atoms. The Bertz CT molecular complexity index is 356. The van der Waals surface area contributed by atoms with E-state index in [-0.39, 0.29) is 12.1 Å². The minimum atomic E-state index is 0.258. The average Bonchev–Trinajstić information content (AvgIpc) is 2.89. The third-order valence-corrected chi connectivity index (χ3v) is 2.24. The summed E-state index contributed by atoms with van der Waals surface area (Å²) in [6.45, 7) is 4.05. The molecule has 0 bridgehead atoms. The maximum absolute atomic E-state index is 10.4. The lowest BCUT2D eigenvalue weighted by Crippen LogP contribution is -2.03. The van der Waals surface area contributed by atoms with Crippen LogP contribution in [-0.4, -0.2) is 22.3 Å². The third-order valence-electron chi connectivity index (χ3n) is 2.24. The number of amides is 1. The predicted molar refractivity (Wildman–Crippen MR) is 55.9 cm³/mol. The van der Waals surface area contributed by atoms with Crippen molar-refractivity contribution in [3.63, 3.8) is 0 Å². The van der Waals surface area contributed by atoms with Crippen molar-refractivity contribution in [1.82, 2.24) is 9.78 Å². The largest absolute Gasteiger partial charge is 0.472 e. The smallest absolute Gasteiger partial charge is 0.257 e. The molecule has 0 radical (unpaired) electrons. The molecule has 0 atom stereocenters. The Balaban J connectivity index is 2.18. The number of nitrogens with zero attached hydrogens (tertiary/aromatic N) is 2. The number of nitrogens with one attached hydrogen (secondary N) is 1. The van der Waals surface area contributed by atoms with Crippen LogP contribution in [0.4, 0.5) is 5.69 Å². The van der Waals surface area contributed by atoms with Crippen molar-refractivity contribution < 1.29 is 9.53 Å². The molecule has 1 N–H and O–H groups in total. The van der Waals surface area contributed by atoms with Crippen molar-refractivity contribution in [2.75, 3.05) is 5.32 Å². The van der Waals surface area contributed by atoms with Crippen LogP contribution in [0, 0.1) is 0 Å². The summed E-state index contributed by atoms with van der Waals surface area (Å²) in [6.07, 6.45) is 4.87. The van der Waals surface area contributed by atoms with E-state index in [0.29, 0.717) is 18.0 Å². The third kappa shape index (κ3) is 2.29. The summed E-state index contributed by atoms with van der Waals surface area (Å²) in [6, 6.07) is 0.258. The predicted octanol–water partition coefficient (Wildman–Crippen LogP) is 1.57. The van der Waals surface area contributed by atoms with Crippen LogP contribution in [0.25, 0.3) is 0 Å². The zero-order valence-electron chi connectivity index (χ0n) is 8.93. The molecule has 0 unspecified atom stereocenters. The number of carbonyl (C=O) groups is 1. The van der Waals surface area contributed by atoms with Gasteiger partial charge in [-0.2, -0.15) is 0 Å². The highest BCUT2D eigenvalue weighted by Crippen LogP contribution is 2.31. The Labute approximate surface area is 88.4 Å². The van der Waals surface area contributed by atoms with E-state index in [4.69, 9.17) is 4.74 Å². The average molecular weight is 209 g/mol. The normalized spacial score (nSPS) is 15.4. The summed E-state index contributed by atoms with van der Waals surface area (Å²) in [5.41, 5.74) is 0.644. The van der Waals surface area contributed by atoms with Crippen LogP contribution in [0.3, 0.4) is 0 Å². The fourth-order valence-corrected chi connectivity index (χ4v) is 1.23. The van der Waals surface area contributed by atoms with Gasteiger partial charge >= 0.3 is 0 Å². The first-order valence-corrected chi connectivity index (χ1v) is 5.16. The maximum Gasteiger partial charge on any atom is 0.257 e. The van der Waals surface area contributed by atoms with Gasteiger partial charge in [0, 0.05) is 6.04 Å². The van der Waals surface area contributed by atoms with Gasteiger partial charge in [-0.25, -0.2) is 0 Å². The van der Waals surface area contributed by atoms with E-state index < -0.39 is 0 Å². The fraction of sp³-hybridized carbons (Fsp3) is 0.600. The summed E-state index contributed by atoms with van der Waals surface area (Å²) in [5.74, 6) is 0.526. The van der Waals surface area contributed by atoms with Crippen molar-refractivity contribution in [2.45, 2.75) is 38.8 Å². The molecule has 1 saturated carbocycles. The number of aromatic nitrogens is 2. The lowest BCUT2D eigenvalue weighted by Gasteiger charge is -2.03. The van der Waals surface area contributed by atoms with Gasteiger partial charge in [-0.1, -0.05) is 0 Å². The molecular weight excluding hydrogens is 194 g/mol. The number of ether oxygens (including phenoxy) is 1. The zero-order valence-corrected chi connectivity index (χ0v) is 8.93. The van der Waals surface area contributed by atoms with E-state index in [0.717, 1.165) is 12.8 Å². The summed E-state index contributed by atoms with van der Waals surface area (Å²) in [5, 5.41) is 6.88. The molecule has 0 saturated heterocycles. The SMILES string of the molecule is CC(C)n1cc(NC=O)c(OC2CC2)n1. The van der Waals surface area contributed by atoms with Crippen LogP contribution >= 0.6 is 0 Å². The van der Waals surface area contributed by atoms with Crippen molar-refractivity contribution >= 4 is 12.1 Å². The quantitative estimate of drug-likeness (QED) is 0.749. The molecule has 1 aliphatic rings. The van der Waals surface area contributed by atoms with Crippen molar-refractivity contribution in [3.8, 4) is 5.88 Å². The molecule has 0 aromatic carbocycles. The van der Waals surface area contributed by atoms with Crippen molar-refractivity contribution in [1.29, 1.82) is 0 Å². The van der Waals surface area contributed by atoms with Gasteiger partial charge in [0.25, 0.3) is 5.88 Å². The Kier molecular flexibility index (Phi) is 2.62. The topological polar surface area (TPSA) is 56.2 Å². The first-order valence-electron chi connectivity index (χ1n) is 5.16. The summed E-state index contributed by atoms with van der Waals surface area (Å²) < 4.78 is 7.37. The first-order chi connectivity index (χ1) is 7.20. The Hall–Kier alpha value is -1.52. The van der Waals surface area contributed by atoms with E-state index in [1.165, 1.54) is 0 Å². The van der Waals surface area contributed by atoms with Crippen LogP contribution in [-0.2, 0) is 4.79 Å². The highest BCUT2D eigenvalue weighted by atomic mass is 16.5. The highest BCUT2D eigenvalue weighted by Gasteiger charge is 2.26. The van der Waals surface area contributed by atoms with E-state index in [1.54, 1.807) is 10.9 Å². The molecular formula is C10H15N3O2. The van der Waals surface area contributed by atoms with Crippen LogP contribution in [0.5, 0.6) is 5.88 Å². The van der Waals surface area contributed by atoms with Crippen molar-refractivity contribution in [3.05, 3.63) is 6.20 Å². The molecule has 1 amide bonds. The molecule has 0 spiro atoms. The summed E-state index contributed by atoms with van der Waals surface area (Å²) in [7, 11) is 0. The van der Waals surface area contributed by atoms with Gasteiger partial charge in [0.15, 0.2) is 0 Å². The standard InChI is InChI=1S/C10H15N3O2/c1-7(2)13-5-9(11-6-14)10(12-13)15-8-3-4-8/h5-8H,3-4H2,1-2H3,(H,11,14). The Morgan fingerprint density at radius 1 is 1.67 bits per heavy atom. The van der Waals surface area contributed by atoms with E-state index in [9.17, 15) is 4.79 Å². The molecule has 1 heterocycles. The second-order valence-corrected chi connectivity index (χ2v) is 4.00. The van der Waals surface area contributed by atoms with Crippen LogP contribution in [0.15, 0.2) is 6.20 Å². The Morgan fingerprint density at radius 2 is 2.40 bits per heavy atom. The maximum atomic E-state index is 10.4. The van der Waals surface area contributed by atoms with Crippen LogP contribution < -0.4 is 10.1 Å². The number of rotatable bonds is 5. The monoisotopic (exact) mass is 209 g/mol. The number of hydrogen-bond donors (Lipinski definition) is 1. The van der Waals surface area contributed by atoms with Gasteiger partial charge in [0.1, 0.15) is 11.8 Å².